The first kappa shape index (κ1) is 9.97. The Balaban J connectivity index is 2.83. The van der Waals surface area contributed by atoms with Gasteiger partial charge >= 0.3 is 0 Å². The molecular weight excluding hydrogens is 184 g/mol. The SMILES string of the molecule is CC(C)(C)c1cccc2c(N)ccnc12. The molecule has 15 heavy (non-hydrogen) atoms. The molecule has 0 aliphatic rings. The third-order valence-corrected chi connectivity index (χ3v) is 2.61. The van der Waals surface area contributed by atoms with E-state index in [0.717, 1.165) is 16.6 Å². The summed E-state index contributed by atoms with van der Waals surface area (Å²) in [5.74, 6) is 0. The molecule has 0 atom stereocenters. The van der Waals surface area contributed by atoms with Crippen LogP contribution >= 0.6 is 0 Å². The van der Waals surface area contributed by atoms with Gasteiger partial charge in [0, 0.05) is 17.3 Å². The van der Waals surface area contributed by atoms with Gasteiger partial charge in [0.15, 0.2) is 0 Å². The zero-order chi connectivity index (χ0) is 11.1. The van der Waals surface area contributed by atoms with Crippen molar-refractivity contribution in [3.05, 3.63) is 36.0 Å². The summed E-state index contributed by atoms with van der Waals surface area (Å²) in [7, 11) is 0. The number of anilines is 1. The molecule has 1 aromatic heterocycles. The Hall–Kier alpha value is -1.57. The summed E-state index contributed by atoms with van der Waals surface area (Å²) in [5, 5.41) is 1.05. The summed E-state index contributed by atoms with van der Waals surface area (Å²) >= 11 is 0. The van der Waals surface area contributed by atoms with Gasteiger partial charge in [-0.15, -0.1) is 0 Å². The lowest BCUT2D eigenvalue weighted by Crippen LogP contribution is -2.12. The summed E-state index contributed by atoms with van der Waals surface area (Å²) in [4.78, 5) is 4.43. The van der Waals surface area contributed by atoms with Crippen LogP contribution in [0.4, 0.5) is 5.69 Å². The Kier molecular flexibility index (Phi) is 2.14. The number of aromatic nitrogens is 1. The molecule has 2 aromatic rings. The summed E-state index contributed by atoms with van der Waals surface area (Å²) in [6.07, 6.45) is 1.77. The van der Waals surface area contributed by atoms with E-state index >= 15 is 0 Å². The van der Waals surface area contributed by atoms with Crippen molar-refractivity contribution in [2.45, 2.75) is 26.2 Å². The van der Waals surface area contributed by atoms with Crippen molar-refractivity contribution in [1.82, 2.24) is 4.98 Å². The van der Waals surface area contributed by atoms with Gasteiger partial charge in [-0.05, 0) is 17.0 Å². The molecule has 0 aliphatic heterocycles. The fraction of sp³-hybridized carbons (Fsp3) is 0.308. The summed E-state index contributed by atoms with van der Waals surface area (Å²) in [6, 6.07) is 8.03. The van der Waals surface area contributed by atoms with Crippen LogP contribution in [0.3, 0.4) is 0 Å². The van der Waals surface area contributed by atoms with Crippen LogP contribution in [0.1, 0.15) is 26.3 Å². The zero-order valence-electron chi connectivity index (χ0n) is 9.41. The highest BCUT2D eigenvalue weighted by Gasteiger charge is 2.17. The van der Waals surface area contributed by atoms with Crippen LogP contribution in [0, 0.1) is 0 Å². The number of pyridine rings is 1. The molecular formula is C13H16N2. The normalized spacial score (nSPS) is 11.9. The number of nitrogens with zero attached hydrogens (tertiary/aromatic N) is 1. The van der Waals surface area contributed by atoms with Gasteiger partial charge in [-0.2, -0.15) is 0 Å². The van der Waals surface area contributed by atoms with Crippen LogP contribution in [-0.2, 0) is 5.41 Å². The minimum Gasteiger partial charge on any atom is -0.398 e. The van der Waals surface area contributed by atoms with E-state index in [1.807, 2.05) is 18.2 Å². The Morgan fingerprint density at radius 2 is 1.87 bits per heavy atom. The van der Waals surface area contributed by atoms with Gasteiger partial charge in [0.1, 0.15) is 0 Å². The first-order valence-corrected chi connectivity index (χ1v) is 5.14. The van der Waals surface area contributed by atoms with E-state index in [9.17, 15) is 0 Å². The lowest BCUT2D eigenvalue weighted by Gasteiger charge is -2.20. The zero-order valence-corrected chi connectivity index (χ0v) is 9.41. The number of hydrogen-bond acceptors (Lipinski definition) is 2. The van der Waals surface area contributed by atoms with Gasteiger partial charge < -0.3 is 5.73 Å². The van der Waals surface area contributed by atoms with Gasteiger partial charge in [0.05, 0.1) is 5.52 Å². The number of benzene rings is 1. The van der Waals surface area contributed by atoms with E-state index in [-0.39, 0.29) is 5.41 Å². The van der Waals surface area contributed by atoms with Crippen molar-refractivity contribution < 1.29 is 0 Å². The van der Waals surface area contributed by atoms with Crippen LogP contribution < -0.4 is 5.73 Å². The Labute approximate surface area is 90.1 Å². The minimum absolute atomic E-state index is 0.0975. The number of nitrogens with two attached hydrogens (primary N) is 1. The monoisotopic (exact) mass is 200 g/mol. The molecule has 0 spiro atoms. The van der Waals surface area contributed by atoms with E-state index in [1.165, 1.54) is 5.56 Å². The summed E-state index contributed by atoms with van der Waals surface area (Å²) in [6.45, 7) is 6.56. The molecule has 0 unspecified atom stereocenters. The standard InChI is InChI=1S/C13H16N2/c1-13(2,3)10-6-4-5-9-11(14)7-8-15-12(9)10/h4-8H,1-3H3,(H2,14,15). The fourth-order valence-electron chi connectivity index (χ4n) is 1.80. The molecule has 1 aromatic carbocycles. The average Bonchev–Trinajstić information content (AvgIpc) is 2.16. The molecule has 0 saturated heterocycles. The first-order chi connectivity index (χ1) is 7.00. The molecule has 2 rings (SSSR count). The maximum Gasteiger partial charge on any atom is 0.0759 e. The number of rotatable bonds is 0. The summed E-state index contributed by atoms with van der Waals surface area (Å²) < 4.78 is 0. The third kappa shape index (κ3) is 1.67. The molecule has 0 radical (unpaired) electrons. The summed E-state index contributed by atoms with van der Waals surface area (Å²) in [5.41, 5.74) is 9.08. The maximum atomic E-state index is 5.93. The van der Waals surface area contributed by atoms with Crippen molar-refractivity contribution in [3.63, 3.8) is 0 Å². The Morgan fingerprint density at radius 3 is 2.53 bits per heavy atom. The number of para-hydroxylation sites is 1. The first-order valence-electron chi connectivity index (χ1n) is 5.14. The second-order valence-electron chi connectivity index (χ2n) is 4.85. The average molecular weight is 200 g/mol. The van der Waals surface area contributed by atoms with Crippen LogP contribution in [0.15, 0.2) is 30.5 Å². The predicted octanol–water partition coefficient (Wildman–Crippen LogP) is 3.11. The molecule has 2 nitrogen and oxygen atoms in total. The van der Waals surface area contributed by atoms with Crippen molar-refractivity contribution >= 4 is 16.6 Å². The van der Waals surface area contributed by atoms with E-state index < -0.39 is 0 Å². The highest BCUT2D eigenvalue weighted by molar-refractivity contribution is 5.92. The van der Waals surface area contributed by atoms with E-state index in [2.05, 4.69) is 31.8 Å². The van der Waals surface area contributed by atoms with Crippen LogP contribution in [0.25, 0.3) is 10.9 Å². The van der Waals surface area contributed by atoms with Gasteiger partial charge in [0.2, 0.25) is 0 Å². The molecule has 1 heterocycles. The predicted molar refractivity (Wildman–Crippen MR) is 64.9 cm³/mol. The van der Waals surface area contributed by atoms with Gasteiger partial charge in [-0.3, -0.25) is 4.98 Å². The van der Waals surface area contributed by atoms with E-state index in [0.29, 0.717) is 0 Å². The topological polar surface area (TPSA) is 38.9 Å². The van der Waals surface area contributed by atoms with Crippen molar-refractivity contribution in [2.75, 3.05) is 5.73 Å². The minimum atomic E-state index is 0.0975. The van der Waals surface area contributed by atoms with Crippen molar-refractivity contribution in [3.8, 4) is 0 Å². The van der Waals surface area contributed by atoms with Gasteiger partial charge in [-0.1, -0.05) is 39.0 Å². The van der Waals surface area contributed by atoms with Gasteiger partial charge in [0.25, 0.3) is 0 Å². The van der Waals surface area contributed by atoms with Crippen molar-refractivity contribution in [2.24, 2.45) is 0 Å². The maximum absolute atomic E-state index is 5.93. The molecule has 2 heteroatoms. The van der Waals surface area contributed by atoms with Crippen LogP contribution in [-0.4, -0.2) is 4.98 Å². The van der Waals surface area contributed by atoms with E-state index in [1.54, 1.807) is 6.20 Å². The molecule has 78 valence electrons. The molecule has 0 saturated carbocycles. The Morgan fingerprint density at radius 1 is 1.13 bits per heavy atom. The third-order valence-electron chi connectivity index (χ3n) is 2.61. The number of nitrogen functional groups attached to an aromatic ring is 1. The second-order valence-corrected chi connectivity index (χ2v) is 4.85. The quantitative estimate of drug-likeness (QED) is 0.709. The van der Waals surface area contributed by atoms with Gasteiger partial charge in [-0.25, -0.2) is 0 Å². The molecule has 0 bridgehead atoms. The lowest BCUT2D eigenvalue weighted by atomic mass is 9.85. The molecule has 0 amide bonds. The Bertz CT molecular complexity index is 495. The number of fused-ring (bicyclic) bond motifs is 1. The second kappa shape index (κ2) is 3.23. The largest absolute Gasteiger partial charge is 0.398 e. The number of hydrogen-bond donors (Lipinski definition) is 1. The molecule has 0 aliphatic carbocycles. The van der Waals surface area contributed by atoms with E-state index in [4.69, 9.17) is 5.73 Å². The molecule has 0 fully saturated rings. The lowest BCUT2D eigenvalue weighted by molar-refractivity contribution is 0.594. The van der Waals surface area contributed by atoms with Crippen molar-refractivity contribution in [1.29, 1.82) is 0 Å². The van der Waals surface area contributed by atoms with Crippen LogP contribution in [0.2, 0.25) is 0 Å². The highest BCUT2D eigenvalue weighted by atomic mass is 14.7. The highest BCUT2D eigenvalue weighted by Crippen LogP contribution is 2.30. The fourth-order valence-corrected chi connectivity index (χ4v) is 1.80. The smallest absolute Gasteiger partial charge is 0.0759 e. The van der Waals surface area contributed by atoms with Crippen LogP contribution in [0.5, 0.6) is 0 Å². The molecule has 2 N–H and O–H groups in total.